The lowest BCUT2D eigenvalue weighted by Gasteiger charge is -2.07. The minimum Gasteiger partial charge on any atom is -0.236 e. The van der Waals surface area contributed by atoms with Crippen LogP contribution in [0.15, 0.2) is 82.6 Å². The first kappa shape index (κ1) is 20.6. The van der Waals surface area contributed by atoms with Gasteiger partial charge in [0.25, 0.3) is 10.0 Å². The smallest absolute Gasteiger partial charge is 0.236 e. The van der Waals surface area contributed by atoms with Crippen molar-refractivity contribution in [3.63, 3.8) is 0 Å². The highest BCUT2D eigenvalue weighted by Crippen LogP contribution is 2.34. The van der Waals surface area contributed by atoms with E-state index in [0.29, 0.717) is 5.65 Å². The molecule has 32 heavy (non-hydrogen) atoms. The van der Waals surface area contributed by atoms with Gasteiger partial charge in [-0.2, -0.15) is 0 Å². The zero-order valence-electron chi connectivity index (χ0n) is 17.3. The zero-order valence-corrected chi connectivity index (χ0v) is 19.7. The first-order valence-electron chi connectivity index (χ1n) is 9.81. The number of hydrogen-bond acceptors (Lipinski definition) is 5. The Bertz CT molecular complexity index is 1550. The summed E-state index contributed by atoms with van der Waals surface area (Å²) in [6, 6.07) is 16.4. The van der Waals surface area contributed by atoms with Crippen LogP contribution >= 0.6 is 15.9 Å². The Morgan fingerprint density at radius 2 is 1.66 bits per heavy atom. The van der Waals surface area contributed by atoms with Crippen LogP contribution < -0.4 is 0 Å². The molecule has 0 saturated carbocycles. The Morgan fingerprint density at radius 3 is 2.31 bits per heavy atom. The molecule has 0 atom stereocenters. The van der Waals surface area contributed by atoms with Crippen LogP contribution in [0.5, 0.6) is 0 Å². The molecule has 5 rings (SSSR count). The largest absolute Gasteiger partial charge is 0.269 e. The second-order valence-corrected chi connectivity index (χ2v) is 10.2. The van der Waals surface area contributed by atoms with Gasteiger partial charge in [-0.15, -0.1) is 5.10 Å². The van der Waals surface area contributed by atoms with E-state index in [9.17, 15) is 8.42 Å². The van der Waals surface area contributed by atoms with Gasteiger partial charge in [0.1, 0.15) is 0 Å². The van der Waals surface area contributed by atoms with E-state index in [-0.39, 0.29) is 4.90 Å². The highest BCUT2D eigenvalue weighted by Gasteiger charge is 2.23. The Labute approximate surface area is 193 Å². The van der Waals surface area contributed by atoms with Gasteiger partial charge in [-0.3, -0.25) is 0 Å². The molecule has 0 spiro atoms. The minimum atomic E-state index is -3.82. The van der Waals surface area contributed by atoms with Gasteiger partial charge < -0.3 is 0 Å². The first-order valence-corrected chi connectivity index (χ1v) is 12.0. The van der Waals surface area contributed by atoms with Crippen LogP contribution in [0, 0.1) is 13.8 Å². The van der Waals surface area contributed by atoms with Gasteiger partial charge in [-0.25, -0.2) is 22.1 Å². The van der Waals surface area contributed by atoms with Gasteiger partial charge >= 0.3 is 0 Å². The van der Waals surface area contributed by atoms with Gasteiger partial charge in [-0.1, -0.05) is 35.0 Å². The number of aryl methyl sites for hydroxylation is 2. The molecular weight excluding hydrogens is 490 g/mol. The van der Waals surface area contributed by atoms with Crippen molar-refractivity contribution in [2.45, 2.75) is 18.7 Å². The van der Waals surface area contributed by atoms with Crippen molar-refractivity contribution < 1.29 is 8.42 Å². The van der Waals surface area contributed by atoms with Crippen LogP contribution in [0.3, 0.4) is 0 Å². The number of nitrogens with zero attached hydrogens (tertiary/aromatic N) is 5. The van der Waals surface area contributed by atoms with Crippen LogP contribution in [-0.4, -0.2) is 32.4 Å². The normalized spacial score (nSPS) is 11.8. The van der Waals surface area contributed by atoms with E-state index in [2.05, 4.69) is 31.2 Å². The average molecular weight is 508 g/mol. The molecule has 0 radical (unpaired) electrons. The van der Waals surface area contributed by atoms with E-state index in [1.54, 1.807) is 47.5 Å². The van der Waals surface area contributed by atoms with Gasteiger partial charge in [0.15, 0.2) is 5.65 Å². The van der Waals surface area contributed by atoms with Crippen LogP contribution in [-0.2, 0) is 10.0 Å². The summed E-state index contributed by atoms with van der Waals surface area (Å²) in [6.45, 7) is 3.85. The van der Waals surface area contributed by atoms with Crippen molar-refractivity contribution in [1.82, 2.24) is 24.0 Å². The summed E-state index contributed by atoms with van der Waals surface area (Å²) in [5.41, 5.74) is 4.80. The Hall–Kier alpha value is -3.30. The van der Waals surface area contributed by atoms with E-state index >= 15 is 0 Å². The Morgan fingerprint density at radius 1 is 0.938 bits per heavy atom. The van der Waals surface area contributed by atoms with Gasteiger partial charge in [0.05, 0.1) is 22.5 Å². The van der Waals surface area contributed by atoms with E-state index < -0.39 is 10.0 Å². The Balaban J connectivity index is 1.67. The number of fused-ring (bicyclic) bond motifs is 1. The summed E-state index contributed by atoms with van der Waals surface area (Å²) in [7, 11) is -3.82. The standard InChI is InChI=1S/C23H18BrN5O2S/c1-15-3-9-20(10-4-15)32(30,31)28-14-22(21-11-18(24)13-25-23(21)28)17-5-7-19(8-6-17)29-16(2)12-26-27-29/h3-14H,1-2H3. The number of benzene rings is 2. The number of rotatable bonds is 4. The molecule has 7 nitrogen and oxygen atoms in total. The monoisotopic (exact) mass is 507 g/mol. The van der Waals surface area contributed by atoms with Crippen LogP contribution in [0.25, 0.3) is 27.8 Å². The molecule has 0 fully saturated rings. The molecule has 0 unspecified atom stereocenters. The molecule has 0 bridgehead atoms. The third-order valence-corrected chi connectivity index (χ3v) is 7.40. The second kappa shape index (κ2) is 7.68. The highest BCUT2D eigenvalue weighted by molar-refractivity contribution is 9.10. The lowest BCUT2D eigenvalue weighted by atomic mass is 10.1. The van der Waals surface area contributed by atoms with Crippen molar-refractivity contribution in [2.24, 2.45) is 0 Å². The predicted molar refractivity (Wildman–Crippen MR) is 126 cm³/mol. The molecule has 0 aliphatic rings. The van der Waals surface area contributed by atoms with Crippen LogP contribution in [0.1, 0.15) is 11.3 Å². The Kier molecular flexibility index (Phi) is 4.94. The average Bonchev–Trinajstić information content (AvgIpc) is 3.38. The summed E-state index contributed by atoms with van der Waals surface area (Å²) in [5.74, 6) is 0. The fourth-order valence-corrected chi connectivity index (χ4v) is 5.27. The molecule has 5 aromatic rings. The maximum absolute atomic E-state index is 13.4. The quantitative estimate of drug-likeness (QED) is 0.345. The van der Waals surface area contributed by atoms with Crippen molar-refractivity contribution in [3.8, 4) is 16.8 Å². The van der Waals surface area contributed by atoms with Crippen molar-refractivity contribution in [1.29, 1.82) is 0 Å². The lowest BCUT2D eigenvalue weighted by Crippen LogP contribution is -2.12. The third-order valence-electron chi connectivity index (χ3n) is 5.30. The maximum Gasteiger partial charge on any atom is 0.269 e. The zero-order chi connectivity index (χ0) is 22.5. The van der Waals surface area contributed by atoms with Gasteiger partial charge in [0.2, 0.25) is 0 Å². The molecule has 0 N–H and O–H groups in total. The second-order valence-electron chi connectivity index (χ2n) is 7.52. The summed E-state index contributed by atoms with van der Waals surface area (Å²) in [6.07, 6.45) is 4.93. The molecule has 2 aromatic carbocycles. The summed E-state index contributed by atoms with van der Waals surface area (Å²) >= 11 is 3.46. The number of pyridine rings is 1. The summed E-state index contributed by atoms with van der Waals surface area (Å²) in [4.78, 5) is 4.64. The number of hydrogen-bond donors (Lipinski definition) is 0. The SMILES string of the molecule is Cc1ccc(S(=O)(=O)n2cc(-c3ccc(-n4nncc4C)cc3)c3cc(Br)cnc32)cc1. The molecule has 0 amide bonds. The lowest BCUT2D eigenvalue weighted by molar-refractivity contribution is 0.589. The van der Waals surface area contributed by atoms with Crippen molar-refractivity contribution in [2.75, 3.05) is 0 Å². The molecule has 3 heterocycles. The molecule has 0 aliphatic heterocycles. The topological polar surface area (TPSA) is 82.7 Å². The fraction of sp³-hybridized carbons (Fsp3) is 0.0870. The predicted octanol–water partition coefficient (Wildman–Crippen LogP) is 4.90. The highest BCUT2D eigenvalue weighted by atomic mass is 79.9. The number of halogens is 1. The van der Waals surface area contributed by atoms with Gasteiger partial charge in [0, 0.05) is 27.8 Å². The van der Waals surface area contributed by atoms with E-state index in [4.69, 9.17) is 0 Å². The maximum atomic E-state index is 13.4. The molecule has 9 heteroatoms. The van der Waals surface area contributed by atoms with Crippen molar-refractivity contribution >= 4 is 37.0 Å². The fourth-order valence-electron chi connectivity index (χ4n) is 3.61. The molecule has 0 saturated heterocycles. The van der Waals surface area contributed by atoms with E-state index in [0.717, 1.165) is 37.9 Å². The van der Waals surface area contributed by atoms with E-state index in [1.165, 1.54) is 3.97 Å². The molecule has 0 aliphatic carbocycles. The van der Waals surface area contributed by atoms with Crippen LogP contribution in [0.2, 0.25) is 0 Å². The van der Waals surface area contributed by atoms with E-state index in [1.807, 2.05) is 44.2 Å². The first-order chi connectivity index (χ1) is 15.3. The van der Waals surface area contributed by atoms with Crippen LogP contribution in [0.4, 0.5) is 0 Å². The minimum absolute atomic E-state index is 0.216. The third kappa shape index (κ3) is 3.43. The summed E-state index contributed by atoms with van der Waals surface area (Å²) < 4.78 is 30.6. The van der Waals surface area contributed by atoms with Gasteiger partial charge in [-0.05, 0) is 65.7 Å². The van der Waals surface area contributed by atoms with Crippen molar-refractivity contribution in [3.05, 3.63) is 88.9 Å². The number of aromatic nitrogens is 5. The molecular formula is C23H18BrN5O2S. The summed E-state index contributed by atoms with van der Waals surface area (Å²) in [5, 5.41) is 8.75. The molecule has 160 valence electrons. The molecule has 3 aromatic heterocycles.